The van der Waals surface area contributed by atoms with Crippen LogP contribution in [0.3, 0.4) is 0 Å². The largest absolute Gasteiger partial charge is 0.342 e. The van der Waals surface area contributed by atoms with Gasteiger partial charge in [-0.15, -0.1) is 11.3 Å². The molecule has 8 heteroatoms. The van der Waals surface area contributed by atoms with E-state index in [4.69, 9.17) is 5.73 Å². The highest BCUT2D eigenvalue weighted by atomic mass is 32.2. The number of likely N-dealkylation sites (tertiary alicyclic amines) is 1. The number of nitrogens with two attached hydrogens (primary N) is 1. The Kier molecular flexibility index (Phi) is 5.29. The number of aryl methyl sites for hydroxylation is 1. The van der Waals surface area contributed by atoms with Crippen LogP contribution in [0.2, 0.25) is 0 Å². The summed E-state index contributed by atoms with van der Waals surface area (Å²) < 4.78 is 27.4. The van der Waals surface area contributed by atoms with Crippen LogP contribution in [0.4, 0.5) is 0 Å². The summed E-state index contributed by atoms with van der Waals surface area (Å²) in [5, 5.41) is 0. The van der Waals surface area contributed by atoms with E-state index in [1.165, 1.54) is 15.6 Å². The van der Waals surface area contributed by atoms with Crippen molar-refractivity contribution < 1.29 is 13.2 Å². The quantitative estimate of drug-likeness (QED) is 0.864. The number of piperidine rings is 1. The molecule has 2 atom stereocenters. The number of hydrogen-bond donors (Lipinski definition) is 1. The second-order valence-corrected chi connectivity index (χ2v) is 10.2. The van der Waals surface area contributed by atoms with E-state index in [0.717, 1.165) is 30.7 Å². The third-order valence-electron chi connectivity index (χ3n) is 4.97. The van der Waals surface area contributed by atoms with Gasteiger partial charge in [0.1, 0.15) is 4.21 Å². The zero-order valence-electron chi connectivity index (χ0n) is 14.0. The number of nitrogens with zero attached hydrogens (tertiary/aromatic N) is 2. The molecule has 0 saturated carbocycles. The summed E-state index contributed by atoms with van der Waals surface area (Å²) in [5.41, 5.74) is 5.70. The van der Waals surface area contributed by atoms with Crippen LogP contribution in [0, 0.1) is 18.8 Å². The molecule has 0 bridgehead atoms. The fraction of sp³-hybridized carbons (Fsp3) is 0.688. The van der Waals surface area contributed by atoms with Gasteiger partial charge in [-0.05, 0) is 50.8 Å². The van der Waals surface area contributed by atoms with Gasteiger partial charge < -0.3 is 10.6 Å². The highest BCUT2D eigenvalue weighted by Crippen LogP contribution is 2.29. The Morgan fingerprint density at radius 3 is 2.71 bits per heavy atom. The van der Waals surface area contributed by atoms with Crippen molar-refractivity contribution in [2.75, 3.05) is 32.7 Å². The SMILES string of the molecule is Cc1ccc(S(=O)(=O)N2CCCC(C(=O)N3CCC(CN)C3)C2)s1. The summed E-state index contributed by atoms with van der Waals surface area (Å²) in [6.45, 7) is 4.74. The normalized spacial score (nSPS) is 26.0. The van der Waals surface area contributed by atoms with Crippen LogP contribution in [0.15, 0.2) is 16.3 Å². The first-order chi connectivity index (χ1) is 11.4. The molecule has 3 heterocycles. The number of thiophene rings is 1. The first-order valence-corrected chi connectivity index (χ1v) is 10.7. The average Bonchev–Trinajstić information content (AvgIpc) is 3.23. The molecule has 0 aromatic carbocycles. The van der Waals surface area contributed by atoms with E-state index in [-0.39, 0.29) is 11.8 Å². The van der Waals surface area contributed by atoms with Gasteiger partial charge in [0.15, 0.2) is 0 Å². The van der Waals surface area contributed by atoms with Gasteiger partial charge in [-0.25, -0.2) is 8.42 Å². The Labute approximate surface area is 147 Å². The van der Waals surface area contributed by atoms with Crippen LogP contribution in [-0.2, 0) is 14.8 Å². The monoisotopic (exact) mass is 371 g/mol. The summed E-state index contributed by atoms with van der Waals surface area (Å²) in [5.74, 6) is 0.241. The number of hydrogen-bond acceptors (Lipinski definition) is 5. The summed E-state index contributed by atoms with van der Waals surface area (Å²) in [6, 6.07) is 3.48. The number of amides is 1. The molecule has 2 unspecified atom stereocenters. The van der Waals surface area contributed by atoms with Crippen molar-refractivity contribution in [2.45, 2.75) is 30.4 Å². The summed E-state index contributed by atoms with van der Waals surface area (Å²) >= 11 is 1.29. The van der Waals surface area contributed by atoms with Crippen molar-refractivity contribution in [3.63, 3.8) is 0 Å². The van der Waals surface area contributed by atoms with Gasteiger partial charge in [0.25, 0.3) is 10.0 Å². The maximum absolute atomic E-state index is 12.8. The molecule has 134 valence electrons. The minimum atomic E-state index is -3.49. The second kappa shape index (κ2) is 7.11. The van der Waals surface area contributed by atoms with E-state index in [9.17, 15) is 13.2 Å². The topological polar surface area (TPSA) is 83.7 Å². The molecule has 1 aromatic heterocycles. The molecule has 2 aliphatic rings. The van der Waals surface area contributed by atoms with Crippen LogP contribution in [0.5, 0.6) is 0 Å². The molecular weight excluding hydrogens is 346 g/mol. The van der Waals surface area contributed by atoms with Crippen molar-refractivity contribution in [1.82, 2.24) is 9.21 Å². The van der Waals surface area contributed by atoms with Gasteiger partial charge in [0.2, 0.25) is 5.91 Å². The first-order valence-electron chi connectivity index (χ1n) is 8.47. The molecule has 1 amide bonds. The average molecular weight is 372 g/mol. The Morgan fingerprint density at radius 2 is 2.08 bits per heavy atom. The standard InChI is InChI=1S/C16H25N3O3S2/c1-12-4-5-15(23-12)24(21,22)19-7-2-3-14(11-19)16(20)18-8-6-13(9-17)10-18/h4-5,13-14H,2-3,6-11,17H2,1H3. The maximum atomic E-state index is 12.8. The molecule has 2 aliphatic heterocycles. The molecule has 0 spiro atoms. The van der Waals surface area contributed by atoms with E-state index in [2.05, 4.69) is 0 Å². The Morgan fingerprint density at radius 1 is 1.29 bits per heavy atom. The van der Waals surface area contributed by atoms with E-state index < -0.39 is 10.0 Å². The number of rotatable bonds is 4. The lowest BCUT2D eigenvalue weighted by Crippen LogP contribution is -2.46. The molecule has 24 heavy (non-hydrogen) atoms. The minimum absolute atomic E-state index is 0.0909. The molecule has 0 radical (unpaired) electrons. The summed E-state index contributed by atoms with van der Waals surface area (Å²) in [7, 11) is -3.49. The number of sulfonamides is 1. The van der Waals surface area contributed by atoms with Crippen LogP contribution >= 0.6 is 11.3 Å². The van der Waals surface area contributed by atoms with Gasteiger partial charge in [-0.1, -0.05) is 0 Å². The van der Waals surface area contributed by atoms with E-state index >= 15 is 0 Å². The predicted molar refractivity (Wildman–Crippen MR) is 94.3 cm³/mol. The fourth-order valence-corrected chi connectivity index (χ4v) is 6.49. The van der Waals surface area contributed by atoms with Gasteiger partial charge in [0, 0.05) is 31.1 Å². The lowest BCUT2D eigenvalue weighted by molar-refractivity contribution is -0.135. The van der Waals surface area contributed by atoms with Gasteiger partial charge in [-0.3, -0.25) is 4.79 Å². The molecule has 2 fully saturated rings. The van der Waals surface area contributed by atoms with Crippen molar-refractivity contribution in [1.29, 1.82) is 0 Å². The molecule has 3 rings (SSSR count). The first kappa shape index (κ1) is 17.8. The highest BCUT2D eigenvalue weighted by Gasteiger charge is 2.37. The van der Waals surface area contributed by atoms with Gasteiger partial charge in [0.05, 0.1) is 5.92 Å². The van der Waals surface area contributed by atoms with Crippen molar-refractivity contribution >= 4 is 27.3 Å². The lowest BCUT2D eigenvalue weighted by Gasteiger charge is -2.33. The third kappa shape index (κ3) is 3.51. The summed E-state index contributed by atoms with van der Waals surface area (Å²) in [4.78, 5) is 15.6. The number of carbonyl (C=O) groups is 1. The molecule has 6 nitrogen and oxygen atoms in total. The molecule has 2 N–H and O–H groups in total. The lowest BCUT2D eigenvalue weighted by atomic mass is 9.98. The van der Waals surface area contributed by atoms with Gasteiger partial charge >= 0.3 is 0 Å². The zero-order valence-corrected chi connectivity index (χ0v) is 15.6. The predicted octanol–water partition coefficient (Wildman–Crippen LogP) is 1.26. The highest BCUT2D eigenvalue weighted by molar-refractivity contribution is 7.91. The Bertz CT molecular complexity index is 701. The zero-order chi connectivity index (χ0) is 17.3. The minimum Gasteiger partial charge on any atom is -0.342 e. The molecule has 1 aromatic rings. The smallest absolute Gasteiger partial charge is 0.252 e. The van der Waals surface area contributed by atoms with Crippen LogP contribution in [0.1, 0.15) is 24.1 Å². The van der Waals surface area contributed by atoms with Crippen LogP contribution < -0.4 is 5.73 Å². The number of carbonyl (C=O) groups excluding carboxylic acids is 1. The second-order valence-electron chi connectivity index (χ2n) is 6.74. The summed E-state index contributed by atoms with van der Waals surface area (Å²) in [6.07, 6.45) is 2.44. The maximum Gasteiger partial charge on any atom is 0.252 e. The van der Waals surface area contributed by atoms with E-state index in [1.54, 1.807) is 6.07 Å². The fourth-order valence-electron chi connectivity index (χ4n) is 3.52. The van der Waals surface area contributed by atoms with E-state index in [1.807, 2.05) is 17.9 Å². The molecule has 0 aliphatic carbocycles. The Hall–Kier alpha value is -0.960. The third-order valence-corrected chi connectivity index (χ3v) is 8.31. The van der Waals surface area contributed by atoms with Crippen LogP contribution in [0.25, 0.3) is 0 Å². The van der Waals surface area contributed by atoms with Gasteiger partial charge in [-0.2, -0.15) is 4.31 Å². The van der Waals surface area contributed by atoms with Crippen molar-refractivity contribution in [3.8, 4) is 0 Å². The molecule has 2 saturated heterocycles. The van der Waals surface area contributed by atoms with E-state index in [0.29, 0.717) is 36.3 Å². The van der Waals surface area contributed by atoms with Crippen molar-refractivity contribution in [2.24, 2.45) is 17.6 Å². The molecular formula is C16H25N3O3S2. The Balaban J connectivity index is 1.69. The van der Waals surface area contributed by atoms with Crippen molar-refractivity contribution in [3.05, 3.63) is 17.0 Å². The van der Waals surface area contributed by atoms with Crippen LogP contribution in [-0.4, -0.2) is 56.3 Å².